The molecule has 2 atom stereocenters. The quantitative estimate of drug-likeness (QED) is 0.367. The van der Waals surface area contributed by atoms with E-state index in [1.807, 2.05) is 0 Å². The highest BCUT2D eigenvalue weighted by atomic mass is 32.2. The van der Waals surface area contributed by atoms with Gasteiger partial charge in [-0.05, 0) is 67.2 Å². The highest BCUT2D eigenvalue weighted by Crippen LogP contribution is 2.43. The number of hydrogen-bond donors (Lipinski definition) is 3. The molecule has 1 aliphatic rings. The zero-order valence-electron chi connectivity index (χ0n) is 15.8. The molecule has 3 N–H and O–H groups in total. The standard InChI is InChI=1S/C20H28O7S/c21-19(22)6-4-2-1-3-5-14-7-8-15(9-12-20(23)24)17-11-10-16(13-18(14)17)28(25,26)27/h10-11,13-15H,1-9,12H2,(H,21,22)(H,23,24)(H,25,26,27). The number of aliphatic carboxylic acids is 2. The molecule has 2 unspecified atom stereocenters. The fourth-order valence-corrected chi connectivity index (χ4v) is 4.59. The maximum atomic E-state index is 11.5. The van der Waals surface area contributed by atoms with Crippen molar-refractivity contribution >= 4 is 22.1 Å². The van der Waals surface area contributed by atoms with Crippen LogP contribution >= 0.6 is 0 Å². The molecule has 28 heavy (non-hydrogen) atoms. The Morgan fingerprint density at radius 1 is 0.857 bits per heavy atom. The fourth-order valence-electron chi connectivity index (χ4n) is 4.07. The summed E-state index contributed by atoms with van der Waals surface area (Å²) >= 11 is 0. The Bertz CT molecular complexity index is 801. The predicted octanol–water partition coefficient (Wildman–Crippen LogP) is 4.18. The lowest BCUT2D eigenvalue weighted by Gasteiger charge is -2.32. The number of carbonyl (C=O) groups is 2. The van der Waals surface area contributed by atoms with Gasteiger partial charge in [-0.3, -0.25) is 14.1 Å². The summed E-state index contributed by atoms with van der Waals surface area (Å²) in [7, 11) is -4.29. The number of benzene rings is 1. The summed E-state index contributed by atoms with van der Waals surface area (Å²) < 4.78 is 32.5. The normalized spacial score (nSPS) is 19.2. The Labute approximate surface area is 165 Å². The van der Waals surface area contributed by atoms with Gasteiger partial charge < -0.3 is 10.2 Å². The van der Waals surface area contributed by atoms with Crippen LogP contribution in [0.1, 0.15) is 87.2 Å². The van der Waals surface area contributed by atoms with E-state index in [1.165, 1.54) is 12.1 Å². The van der Waals surface area contributed by atoms with Crippen LogP contribution in [0.4, 0.5) is 0 Å². The smallest absolute Gasteiger partial charge is 0.303 e. The molecular weight excluding hydrogens is 384 g/mol. The van der Waals surface area contributed by atoms with Gasteiger partial charge in [0.25, 0.3) is 10.1 Å². The minimum absolute atomic E-state index is 0.0679. The molecule has 2 rings (SSSR count). The van der Waals surface area contributed by atoms with Crippen LogP contribution in [-0.2, 0) is 19.7 Å². The Morgan fingerprint density at radius 2 is 1.46 bits per heavy atom. The monoisotopic (exact) mass is 412 g/mol. The van der Waals surface area contributed by atoms with Gasteiger partial charge >= 0.3 is 11.9 Å². The van der Waals surface area contributed by atoms with Crippen molar-refractivity contribution < 1.29 is 32.8 Å². The van der Waals surface area contributed by atoms with Gasteiger partial charge in [0.1, 0.15) is 0 Å². The van der Waals surface area contributed by atoms with Gasteiger partial charge in [-0.1, -0.05) is 25.3 Å². The molecular formula is C20H28O7S. The van der Waals surface area contributed by atoms with Crippen molar-refractivity contribution in [2.24, 2.45) is 0 Å². The van der Waals surface area contributed by atoms with Crippen molar-refractivity contribution in [3.05, 3.63) is 29.3 Å². The second kappa shape index (κ2) is 10.0. The van der Waals surface area contributed by atoms with Gasteiger partial charge in [0.2, 0.25) is 0 Å². The van der Waals surface area contributed by atoms with Gasteiger partial charge in [0.15, 0.2) is 0 Å². The fraction of sp³-hybridized carbons (Fsp3) is 0.600. The van der Waals surface area contributed by atoms with Crippen LogP contribution in [-0.4, -0.2) is 35.1 Å². The van der Waals surface area contributed by atoms with Crippen molar-refractivity contribution in [1.82, 2.24) is 0 Å². The summed E-state index contributed by atoms with van der Waals surface area (Å²) in [5.74, 6) is -1.39. The molecule has 0 fully saturated rings. The molecule has 0 saturated carbocycles. The third kappa shape index (κ3) is 6.60. The van der Waals surface area contributed by atoms with Crippen molar-refractivity contribution in [2.75, 3.05) is 0 Å². The predicted molar refractivity (Wildman–Crippen MR) is 103 cm³/mol. The van der Waals surface area contributed by atoms with Crippen molar-refractivity contribution in [2.45, 2.75) is 80.9 Å². The van der Waals surface area contributed by atoms with Crippen LogP contribution in [0, 0.1) is 0 Å². The number of rotatable bonds is 11. The van der Waals surface area contributed by atoms with Crippen LogP contribution in [0.3, 0.4) is 0 Å². The van der Waals surface area contributed by atoms with Gasteiger partial charge in [-0.25, -0.2) is 0 Å². The Balaban J connectivity index is 2.09. The van der Waals surface area contributed by atoms with Gasteiger partial charge in [0, 0.05) is 12.8 Å². The summed E-state index contributed by atoms with van der Waals surface area (Å²) in [5.41, 5.74) is 1.87. The maximum Gasteiger partial charge on any atom is 0.303 e. The SMILES string of the molecule is O=C(O)CCCCCCC1CCC(CCC(=O)O)c2ccc(S(=O)(=O)O)cc21. The van der Waals surface area contributed by atoms with E-state index in [-0.39, 0.29) is 29.6 Å². The maximum absolute atomic E-state index is 11.5. The average Bonchev–Trinajstić information content (AvgIpc) is 2.61. The van der Waals surface area contributed by atoms with E-state index in [2.05, 4.69) is 0 Å². The van der Waals surface area contributed by atoms with E-state index < -0.39 is 22.1 Å². The molecule has 8 heteroatoms. The number of unbranched alkanes of at least 4 members (excludes halogenated alkanes) is 3. The molecule has 1 aromatic rings. The third-order valence-corrected chi connectivity index (χ3v) is 6.35. The van der Waals surface area contributed by atoms with Crippen LogP contribution in [0.15, 0.2) is 23.1 Å². The zero-order chi connectivity index (χ0) is 20.7. The molecule has 0 aliphatic heterocycles. The van der Waals surface area contributed by atoms with Crippen LogP contribution in [0.5, 0.6) is 0 Å². The lowest BCUT2D eigenvalue weighted by molar-refractivity contribution is -0.138. The highest BCUT2D eigenvalue weighted by Gasteiger charge is 2.28. The second-order valence-corrected chi connectivity index (χ2v) is 8.94. The highest BCUT2D eigenvalue weighted by molar-refractivity contribution is 7.85. The molecule has 0 aromatic heterocycles. The summed E-state index contributed by atoms with van der Waals surface area (Å²) in [6.45, 7) is 0. The van der Waals surface area contributed by atoms with Gasteiger partial charge in [-0.15, -0.1) is 0 Å². The van der Waals surface area contributed by atoms with Crippen LogP contribution in [0.25, 0.3) is 0 Å². The molecule has 0 saturated heterocycles. The Hall–Kier alpha value is -1.93. The minimum atomic E-state index is -4.29. The first-order valence-corrected chi connectivity index (χ1v) is 11.2. The molecule has 1 aliphatic carbocycles. The first kappa shape index (κ1) is 22.4. The van der Waals surface area contributed by atoms with Crippen molar-refractivity contribution in [1.29, 1.82) is 0 Å². The Kier molecular flexibility index (Phi) is 8.00. The van der Waals surface area contributed by atoms with Crippen LogP contribution in [0.2, 0.25) is 0 Å². The van der Waals surface area contributed by atoms with E-state index in [0.29, 0.717) is 12.8 Å². The van der Waals surface area contributed by atoms with E-state index in [9.17, 15) is 22.6 Å². The first-order valence-electron chi connectivity index (χ1n) is 9.73. The molecule has 7 nitrogen and oxygen atoms in total. The molecule has 0 spiro atoms. The van der Waals surface area contributed by atoms with Gasteiger partial charge in [0.05, 0.1) is 4.90 Å². The molecule has 156 valence electrons. The average molecular weight is 413 g/mol. The number of hydrogen-bond acceptors (Lipinski definition) is 4. The number of carboxylic acid groups (broad SMARTS) is 2. The third-order valence-electron chi connectivity index (χ3n) is 5.50. The Morgan fingerprint density at radius 3 is 2.07 bits per heavy atom. The summed E-state index contributed by atoms with van der Waals surface area (Å²) in [5, 5.41) is 17.6. The molecule has 0 radical (unpaired) electrons. The minimum Gasteiger partial charge on any atom is -0.481 e. The molecule has 0 bridgehead atoms. The zero-order valence-corrected chi connectivity index (χ0v) is 16.7. The van der Waals surface area contributed by atoms with Gasteiger partial charge in [-0.2, -0.15) is 8.42 Å². The summed E-state index contributed by atoms with van der Waals surface area (Å²) in [6.07, 6.45) is 6.65. The van der Waals surface area contributed by atoms with E-state index in [4.69, 9.17) is 10.2 Å². The summed E-state index contributed by atoms with van der Waals surface area (Å²) in [6, 6.07) is 4.63. The van der Waals surface area contributed by atoms with Crippen molar-refractivity contribution in [3.8, 4) is 0 Å². The number of fused-ring (bicyclic) bond motifs is 1. The van der Waals surface area contributed by atoms with Crippen LogP contribution < -0.4 is 0 Å². The van der Waals surface area contributed by atoms with Crippen molar-refractivity contribution in [3.63, 3.8) is 0 Å². The first-order chi connectivity index (χ1) is 13.2. The lowest BCUT2D eigenvalue weighted by atomic mass is 9.73. The largest absolute Gasteiger partial charge is 0.481 e. The van der Waals surface area contributed by atoms with E-state index in [1.54, 1.807) is 6.07 Å². The summed E-state index contributed by atoms with van der Waals surface area (Å²) in [4.78, 5) is 21.3. The van der Waals surface area contributed by atoms with E-state index >= 15 is 0 Å². The molecule has 0 heterocycles. The molecule has 1 aromatic carbocycles. The topological polar surface area (TPSA) is 129 Å². The molecule has 0 amide bonds. The second-order valence-electron chi connectivity index (χ2n) is 7.52. The van der Waals surface area contributed by atoms with E-state index in [0.717, 1.165) is 49.7 Å². The number of carboxylic acids is 2. The lowest BCUT2D eigenvalue weighted by Crippen LogP contribution is -2.17.